The van der Waals surface area contributed by atoms with Crippen molar-refractivity contribution in [2.75, 3.05) is 0 Å². The van der Waals surface area contributed by atoms with Gasteiger partial charge in [0.1, 0.15) is 10.5 Å². The minimum Gasteiger partial charge on any atom is -0.453 e. The number of benzene rings is 3. The molecule has 0 radical (unpaired) electrons. The van der Waals surface area contributed by atoms with E-state index >= 15 is 0 Å². The molecule has 0 spiro atoms. The highest BCUT2D eigenvalue weighted by Crippen LogP contribution is 2.59. The van der Waals surface area contributed by atoms with Crippen LogP contribution in [-0.2, 0) is 25.7 Å². The van der Waals surface area contributed by atoms with Crippen LogP contribution >= 0.6 is 0 Å². The number of fused-ring (bicyclic) bond motifs is 7. The number of rotatable bonds is 4. The second-order valence-corrected chi connectivity index (χ2v) is 11.3. The first-order valence-corrected chi connectivity index (χ1v) is 12.9. The monoisotopic (exact) mass is 474 g/mol. The van der Waals surface area contributed by atoms with Crippen LogP contribution in [0.4, 0.5) is 0 Å². The molecule has 34 heavy (non-hydrogen) atoms. The van der Waals surface area contributed by atoms with E-state index < -0.39 is 44.5 Å². The van der Waals surface area contributed by atoms with Gasteiger partial charge in [0.2, 0.25) is 0 Å². The molecule has 2 bridgehead atoms. The highest BCUT2D eigenvalue weighted by molar-refractivity contribution is 7.93. The molecule has 2 fully saturated rings. The lowest BCUT2D eigenvalue weighted by Crippen LogP contribution is -2.49. The molecule has 0 aromatic heterocycles. The molecule has 3 aliphatic rings. The number of sulfone groups is 1. The lowest BCUT2D eigenvalue weighted by atomic mass is 9.76. The molecule has 6 rings (SSSR count). The van der Waals surface area contributed by atoms with Crippen molar-refractivity contribution in [1.29, 1.82) is 0 Å². The molecule has 172 valence electrons. The quantitative estimate of drug-likeness (QED) is 0.538. The predicted octanol–water partition coefficient (Wildman–Crippen LogP) is 3.57. The van der Waals surface area contributed by atoms with E-state index in [0.717, 1.165) is 11.1 Å². The summed E-state index contributed by atoms with van der Waals surface area (Å²) in [6.45, 7) is 0. The van der Waals surface area contributed by atoms with Gasteiger partial charge < -0.3 is 9.47 Å². The lowest BCUT2D eigenvalue weighted by Gasteiger charge is -2.34. The van der Waals surface area contributed by atoms with Gasteiger partial charge in [-0.1, -0.05) is 60.7 Å². The molecule has 7 heteroatoms. The average Bonchev–Trinajstić information content (AvgIpc) is 3.40. The average molecular weight is 475 g/mol. The number of carbonyl (C=O) groups excluding carboxylic acids is 2. The topological polar surface area (TPSA) is 86.7 Å². The predicted molar refractivity (Wildman–Crippen MR) is 124 cm³/mol. The zero-order valence-corrected chi connectivity index (χ0v) is 18.9. The zero-order valence-electron chi connectivity index (χ0n) is 18.1. The molecular weight excluding hydrogens is 452 g/mol. The van der Waals surface area contributed by atoms with Crippen LogP contribution in [0.5, 0.6) is 0 Å². The van der Waals surface area contributed by atoms with E-state index in [4.69, 9.17) is 9.47 Å². The van der Waals surface area contributed by atoms with Crippen LogP contribution in [0.2, 0.25) is 0 Å². The Labute approximate surface area is 197 Å². The van der Waals surface area contributed by atoms with E-state index in [2.05, 4.69) is 0 Å². The number of hydrogen-bond acceptors (Lipinski definition) is 6. The van der Waals surface area contributed by atoms with Crippen LogP contribution in [0.25, 0.3) is 0 Å². The maximum absolute atomic E-state index is 13.7. The Hall–Kier alpha value is -3.45. The maximum Gasteiger partial charge on any atom is 0.338 e. The van der Waals surface area contributed by atoms with Gasteiger partial charge in [-0.2, -0.15) is 0 Å². The normalized spacial score (nSPS) is 29.8. The third-order valence-corrected chi connectivity index (χ3v) is 10.0. The number of carbonyl (C=O) groups is 2. The van der Waals surface area contributed by atoms with Crippen LogP contribution in [0, 0.1) is 5.92 Å². The third kappa shape index (κ3) is 3.10. The second-order valence-electron chi connectivity index (χ2n) is 9.08. The molecule has 0 saturated carbocycles. The van der Waals surface area contributed by atoms with Gasteiger partial charge in [0.05, 0.1) is 11.1 Å². The van der Waals surface area contributed by atoms with Crippen molar-refractivity contribution < 1.29 is 27.5 Å². The van der Waals surface area contributed by atoms with Crippen molar-refractivity contribution in [1.82, 2.24) is 0 Å². The third-order valence-electron chi connectivity index (χ3n) is 7.34. The summed E-state index contributed by atoms with van der Waals surface area (Å²) < 4.78 is 39.0. The molecule has 2 saturated heterocycles. The molecule has 0 N–H and O–H groups in total. The summed E-state index contributed by atoms with van der Waals surface area (Å²) in [4.78, 5) is 25.9. The molecule has 6 nitrogen and oxygen atoms in total. The van der Waals surface area contributed by atoms with Gasteiger partial charge in [0, 0.05) is 5.92 Å². The number of ether oxygens (including phenoxy) is 2. The Balaban J connectivity index is 1.40. The van der Waals surface area contributed by atoms with E-state index in [1.165, 1.54) is 0 Å². The van der Waals surface area contributed by atoms with Gasteiger partial charge >= 0.3 is 11.9 Å². The second kappa shape index (κ2) is 7.81. The van der Waals surface area contributed by atoms with Gasteiger partial charge in [-0.05, 0) is 47.7 Å². The standard InChI is InChI=1S/C27H22O6S/c28-26(16-9-3-1-4-10-16)32-22-23(33-27(29)17-11-5-2-6-12-17)25-21-19-14-8-7-13-18(19)15-20(21)24(22)34(25,30)31/h1-14,20-25H,15H2. The van der Waals surface area contributed by atoms with Crippen LogP contribution in [0.15, 0.2) is 84.9 Å². The smallest absolute Gasteiger partial charge is 0.338 e. The van der Waals surface area contributed by atoms with E-state index in [0.29, 0.717) is 17.5 Å². The molecular formula is C27H22O6S. The largest absolute Gasteiger partial charge is 0.453 e. The van der Waals surface area contributed by atoms with Crippen molar-refractivity contribution in [3.63, 3.8) is 0 Å². The van der Waals surface area contributed by atoms with Crippen molar-refractivity contribution in [3.05, 3.63) is 107 Å². The van der Waals surface area contributed by atoms with Gasteiger partial charge in [0.15, 0.2) is 22.0 Å². The fourth-order valence-electron chi connectivity index (χ4n) is 6.02. The summed E-state index contributed by atoms with van der Waals surface area (Å²) in [7, 11) is -3.70. The summed E-state index contributed by atoms with van der Waals surface area (Å²) in [5, 5.41) is -1.87. The summed E-state index contributed by atoms with van der Waals surface area (Å²) in [5.41, 5.74) is 2.73. The highest BCUT2D eigenvalue weighted by atomic mass is 32.2. The molecule has 6 atom stereocenters. The van der Waals surface area contributed by atoms with Crippen molar-refractivity contribution >= 4 is 21.8 Å². The van der Waals surface area contributed by atoms with Crippen molar-refractivity contribution in [2.24, 2.45) is 5.92 Å². The zero-order chi connectivity index (χ0) is 23.4. The minimum absolute atomic E-state index is 0.215. The Morgan fingerprint density at radius 3 is 1.76 bits per heavy atom. The van der Waals surface area contributed by atoms with Gasteiger partial charge in [-0.3, -0.25) is 0 Å². The van der Waals surface area contributed by atoms with E-state index in [1.807, 2.05) is 24.3 Å². The Bertz CT molecular complexity index is 1370. The van der Waals surface area contributed by atoms with E-state index in [1.54, 1.807) is 60.7 Å². The summed E-state index contributed by atoms with van der Waals surface area (Å²) in [6.07, 6.45) is -1.55. The van der Waals surface area contributed by atoms with Crippen LogP contribution in [0.3, 0.4) is 0 Å². The SMILES string of the molecule is O=C(OC1C(OC(=O)c2ccccc2)C2C3c4ccccc4CC3C1S2(=O)=O)c1ccccc1. The number of esters is 2. The van der Waals surface area contributed by atoms with Gasteiger partial charge in [0.25, 0.3) is 0 Å². The molecule has 6 unspecified atom stereocenters. The van der Waals surface area contributed by atoms with Crippen LogP contribution in [0.1, 0.15) is 37.8 Å². The fraction of sp³-hybridized carbons (Fsp3) is 0.259. The van der Waals surface area contributed by atoms with Crippen LogP contribution < -0.4 is 0 Å². The van der Waals surface area contributed by atoms with Crippen molar-refractivity contribution in [2.45, 2.75) is 35.0 Å². The highest BCUT2D eigenvalue weighted by Gasteiger charge is 2.72. The Morgan fingerprint density at radius 1 is 0.676 bits per heavy atom. The fourth-order valence-corrected chi connectivity index (χ4v) is 9.06. The molecule has 3 aromatic rings. The summed E-state index contributed by atoms with van der Waals surface area (Å²) in [5.74, 6) is -1.75. The maximum atomic E-state index is 13.7. The molecule has 2 heterocycles. The summed E-state index contributed by atoms with van der Waals surface area (Å²) >= 11 is 0. The minimum atomic E-state index is -3.70. The number of hydrogen-bond donors (Lipinski definition) is 0. The Morgan fingerprint density at radius 2 is 1.18 bits per heavy atom. The van der Waals surface area contributed by atoms with E-state index in [-0.39, 0.29) is 11.8 Å². The Kier molecular flexibility index (Phi) is 4.85. The molecule has 1 aliphatic carbocycles. The van der Waals surface area contributed by atoms with Crippen molar-refractivity contribution in [3.8, 4) is 0 Å². The van der Waals surface area contributed by atoms with E-state index in [9.17, 15) is 18.0 Å². The molecule has 2 aliphatic heterocycles. The first-order valence-electron chi connectivity index (χ1n) is 11.3. The first kappa shape index (κ1) is 21.1. The van der Waals surface area contributed by atoms with Crippen LogP contribution in [-0.4, -0.2) is 43.1 Å². The van der Waals surface area contributed by atoms with Gasteiger partial charge in [-0.15, -0.1) is 0 Å². The molecule has 3 aromatic carbocycles. The first-order chi connectivity index (χ1) is 16.5. The summed E-state index contributed by atoms with van der Waals surface area (Å²) in [6, 6.07) is 24.7. The molecule has 0 amide bonds. The van der Waals surface area contributed by atoms with Gasteiger partial charge in [-0.25, -0.2) is 18.0 Å². The lowest BCUT2D eigenvalue weighted by molar-refractivity contribution is -0.0491.